The molecule has 0 aromatic carbocycles. The van der Waals surface area contributed by atoms with Gasteiger partial charge in [0, 0.05) is 26.2 Å². The lowest BCUT2D eigenvalue weighted by molar-refractivity contribution is -0.138. The van der Waals surface area contributed by atoms with Gasteiger partial charge in [-0.3, -0.25) is 19.2 Å². The van der Waals surface area contributed by atoms with E-state index in [2.05, 4.69) is 20.8 Å². The van der Waals surface area contributed by atoms with Crippen molar-refractivity contribution in [1.82, 2.24) is 0 Å². The standard InChI is InChI=1S/3C12H24O2.C2H4O2/c3*1-2-3-4-5-6-7-8-9-10-11-12(13)14;1-2(3)4/h3*2-11H2,1H3,(H,13,14);1H3,(H,3,4). The smallest absolute Gasteiger partial charge is 0.303 e. The van der Waals surface area contributed by atoms with Gasteiger partial charge in [-0.05, 0) is 19.3 Å². The molecule has 0 bridgehead atoms. The monoisotopic (exact) mass is 661 g/mol. The van der Waals surface area contributed by atoms with Crippen LogP contribution in [0.2, 0.25) is 0 Å². The van der Waals surface area contributed by atoms with Gasteiger partial charge < -0.3 is 20.4 Å². The van der Waals surface area contributed by atoms with Gasteiger partial charge >= 0.3 is 17.9 Å². The lowest BCUT2D eigenvalue weighted by Crippen LogP contribution is -1.93. The lowest BCUT2D eigenvalue weighted by atomic mass is 10.1. The van der Waals surface area contributed by atoms with Crippen LogP contribution in [-0.2, 0) is 19.2 Å². The molecule has 276 valence electrons. The number of hydrogen-bond acceptors (Lipinski definition) is 4. The van der Waals surface area contributed by atoms with Crippen LogP contribution < -0.4 is 0 Å². The number of hydrogen-bond donors (Lipinski definition) is 4. The van der Waals surface area contributed by atoms with Crippen molar-refractivity contribution in [2.45, 2.75) is 220 Å². The number of carboxylic acid groups (broad SMARTS) is 4. The van der Waals surface area contributed by atoms with E-state index in [1.165, 1.54) is 135 Å². The summed E-state index contributed by atoms with van der Waals surface area (Å²) in [6, 6.07) is 0. The molecule has 0 heterocycles. The minimum absolute atomic E-state index is 0.343. The number of carboxylic acids is 4. The third-order valence-electron chi connectivity index (χ3n) is 7.48. The van der Waals surface area contributed by atoms with Crippen molar-refractivity contribution in [2.24, 2.45) is 0 Å². The van der Waals surface area contributed by atoms with Gasteiger partial charge in [-0.2, -0.15) is 0 Å². The molecule has 0 rings (SSSR count). The summed E-state index contributed by atoms with van der Waals surface area (Å²) in [5.74, 6) is -2.81. The summed E-state index contributed by atoms with van der Waals surface area (Å²) in [4.78, 5) is 39.6. The molecule has 0 spiro atoms. The Morgan fingerprint density at radius 3 is 0.565 bits per heavy atom. The second kappa shape index (κ2) is 47.3. The van der Waals surface area contributed by atoms with Crippen molar-refractivity contribution in [3.63, 3.8) is 0 Å². The zero-order chi connectivity index (χ0) is 35.5. The van der Waals surface area contributed by atoms with E-state index in [0.29, 0.717) is 19.3 Å². The molecule has 46 heavy (non-hydrogen) atoms. The molecule has 0 atom stereocenters. The molecule has 0 fully saturated rings. The molecule has 0 aliphatic carbocycles. The topological polar surface area (TPSA) is 149 Å². The van der Waals surface area contributed by atoms with E-state index >= 15 is 0 Å². The van der Waals surface area contributed by atoms with E-state index in [9.17, 15) is 14.4 Å². The van der Waals surface area contributed by atoms with E-state index in [0.717, 1.165) is 45.4 Å². The molecular formula is C38H76O8. The summed E-state index contributed by atoms with van der Waals surface area (Å²) in [6.45, 7) is 7.77. The molecule has 8 heteroatoms. The Hall–Kier alpha value is -2.12. The molecule has 0 aromatic rings. The largest absolute Gasteiger partial charge is 0.481 e. The van der Waals surface area contributed by atoms with Gasteiger partial charge in [0.15, 0.2) is 0 Å². The van der Waals surface area contributed by atoms with Crippen LogP contribution in [0.5, 0.6) is 0 Å². The van der Waals surface area contributed by atoms with Crippen LogP contribution in [0.15, 0.2) is 0 Å². The number of carbonyl (C=O) groups is 4. The van der Waals surface area contributed by atoms with E-state index in [-0.39, 0.29) is 0 Å². The first-order valence-electron chi connectivity index (χ1n) is 18.9. The quantitative estimate of drug-likeness (QED) is 0.0556. The van der Waals surface area contributed by atoms with Crippen LogP contribution >= 0.6 is 0 Å². The highest BCUT2D eigenvalue weighted by Gasteiger charge is 1.98. The SMILES string of the molecule is CC(=O)O.CCCCCCCCCCCC(=O)O.CCCCCCCCCCCC(=O)O.CCCCCCCCCCCC(=O)O. The van der Waals surface area contributed by atoms with Crippen LogP contribution in [0.25, 0.3) is 0 Å². The summed E-state index contributed by atoms with van der Waals surface area (Å²) in [5.41, 5.74) is 0. The molecular weight excluding hydrogens is 584 g/mol. The van der Waals surface area contributed by atoms with Crippen LogP contribution in [0, 0.1) is 0 Å². The molecule has 0 aliphatic heterocycles. The second-order valence-electron chi connectivity index (χ2n) is 12.4. The van der Waals surface area contributed by atoms with Crippen LogP contribution in [0.1, 0.15) is 220 Å². The van der Waals surface area contributed by atoms with Crippen LogP contribution in [0.3, 0.4) is 0 Å². The van der Waals surface area contributed by atoms with Gasteiger partial charge in [-0.25, -0.2) is 0 Å². The average Bonchev–Trinajstić information content (AvgIpc) is 2.98. The van der Waals surface area contributed by atoms with Gasteiger partial charge in [-0.15, -0.1) is 0 Å². The zero-order valence-corrected chi connectivity index (χ0v) is 30.6. The highest BCUT2D eigenvalue weighted by molar-refractivity contribution is 5.67. The summed E-state index contributed by atoms with van der Waals surface area (Å²) < 4.78 is 0. The van der Waals surface area contributed by atoms with E-state index < -0.39 is 23.9 Å². The van der Waals surface area contributed by atoms with Crippen molar-refractivity contribution >= 4 is 23.9 Å². The normalized spacial score (nSPS) is 10.0. The van der Waals surface area contributed by atoms with E-state index in [1.807, 2.05) is 0 Å². The molecule has 4 N–H and O–H groups in total. The highest BCUT2D eigenvalue weighted by atomic mass is 16.4. The minimum Gasteiger partial charge on any atom is -0.481 e. The fourth-order valence-electron chi connectivity index (χ4n) is 4.76. The Kier molecular flexibility index (Phi) is 52.2. The van der Waals surface area contributed by atoms with E-state index in [4.69, 9.17) is 25.2 Å². The number of rotatable bonds is 30. The van der Waals surface area contributed by atoms with Crippen molar-refractivity contribution in [3.8, 4) is 0 Å². The number of unbranched alkanes of at least 4 members (excludes halogenated alkanes) is 24. The Bertz CT molecular complexity index is 556. The van der Waals surface area contributed by atoms with Crippen LogP contribution in [0.4, 0.5) is 0 Å². The Morgan fingerprint density at radius 2 is 0.435 bits per heavy atom. The van der Waals surface area contributed by atoms with Crippen LogP contribution in [-0.4, -0.2) is 44.3 Å². The minimum atomic E-state index is -0.833. The summed E-state index contributed by atoms with van der Waals surface area (Å²) >= 11 is 0. The van der Waals surface area contributed by atoms with Gasteiger partial charge in [0.1, 0.15) is 0 Å². The van der Waals surface area contributed by atoms with Crippen molar-refractivity contribution in [3.05, 3.63) is 0 Å². The fraction of sp³-hybridized carbons (Fsp3) is 0.895. The maximum absolute atomic E-state index is 10.2. The molecule has 0 aromatic heterocycles. The van der Waals surface area contributed by atoms with Gasteiger partial charge in [0.05, 0.1) is 0 Å². The summed E-state index contributed by atoms with van der Waals surface area (Å²) in [6.07, 6.45) is 34.4. The lowest BCUT2D eigenvalue weighted by Gasteiger charge is -2.00. The fourth-order valence-corrected chi connectivity index (χ4v) is 4.76. The third-order valence-corrected chi connectivity index (χ3v) is 7.48. The molecule has 0 aliphatic rings. The Labute approximate surface area is 283 Å². The molecule has 0 saturated heterocycles. The van der Waals surface area contributed by atoms with Crippen molar-refractivity contribution in [1.29, 1.82) is 0 Å². The van der Waals surface area contributed by atoms with Gasteiger partial charge in [0.25, 0.3) is 5.97 Å². The predicted octanol–water partition coefficient (Wildman–Crippen LogP) is 12.1. The molecule has 0 radical (unpaired) electrons. The summed E-state index contributed by atoms with van der Waals surface area (Å²) in [5, 5.41) is 32.7. The highest BCUT2D eigenvalue weighted by Crippen LogP contribution is 2.12. The molecule has 0 amide bonds. The maximum Gasteiger partial charge on any atom is 0.303 e. The Morgan fingerprint density at radius 1 is 0.304 bits per heavy atom. The van der Waals surface area contributed by atoms with Gasteiger partial charge in [0.2, 0.25) is 0 Å². The van der Waals surface area contributed by atoms with Gasteiger partial charge in [-0.1, -0.05) is 175 Å². The van der Waals surface area contributed by atoms with Crippen molar-refractivity contribution < 1.29 is 39.6 Å². The number of aliphatic carboxylic acids is 4. The Balaban J connectivity index is -0.000000271. The maximum atomic E-state index is 10.2. The first-order valence-corrected chi connectivity index (χ1v) is 18.9. The summed E-state index contributed by atoms with van der Waals surface area (Å²) in [7, 11) is 0. The van der Waals surface area contributed by atoms with Crippen molar-refractivity contribution in [2.75, 3.05) is 0 Å². The molecule has 0 unspecified atom stereocenters. The van der Waals surface area contributed by atoms with E-state index in [1.54, 1.807) is 0 Å². The predicted molar refractivity (Wildman–Crippen MR) is 192 cm³/mol. The first-order chi connectivity index (χ1) is 22.0. The third kappa shape index (κ3) is 73.4. The molecule has 8 nitrogen and oxygen atoms in total. The molecule has 0 saturated carbocycles. The average molecular weight is 661 g/mol. The first kappa shape index (κ1) is 50.7. The zero-order valence-electron chi connectivity index (χ0n) is 30.6. The second-order valence-corrected chi connectivity index (χ2v) is 12.4.